The Balaban J connectivity index is 2.00. The third-order valence-corrected chi connectivity index (χ3v) is 3.80. The smallest absolute Gasteiger partial charge is 0.342 e. The van der Waals surface area contributed by atoms with Gasteiger partial charge in [-0.3, -0.25) is 19.1 Å². The Labute approximate surface area is 141 Å². The highest BCUT2D eigenvalue weighted by atomic mass is 16.5. The Morgan fingerprint density at radius 2 is 2.16 bits per heavy atom. The molecule has 3 heterocycles. The van der Waals surface area contributed by atoms with Gasteiger partial charge in [0.05, 0.1) is 6.61 Å². The van der Waals surface area contributed by atoms with Gasteiger partial charge in [-0.25, -0.2) is 14.6 Å². The number of aromatic nitrogens is 2. The molecule has 0 saturated carbocycles. The number of nitrogens with one attached hydrogen (secondary N) is 1. The van der Waals surface area contributed by atoms with E-state index in [4.69, 9.17) is 9.15 Å². The number of imide groups is 1. The number of rotatable bonds is 4. The number of furan rings is 1. The molecule has 0 aliphatic carbocycles. The second-order valence-electron chi connectivity index (χ2n) is 5.39. The molecule has 1 aliphatic heterocycles. The van der Waals surface area contributed by atoms with Gasteiger partial charge < -0.3 is 14.5 Å². The minimum atomic E-state index is -0.694. The summed E-state index contributed by atoms with van der Waals surface area (Å²) in [5.41, 5.74) is -0.624. The lowest BCUT2D eigenvalue weighted by Crippen LogP contribution is -2.38. The summed E-state index contributed by atoms with van der Waals surface area (Å²) in [5, 5.41) is 2.46. The van der Waals surface area contributed by atoms with Crippen LogP contribution in [0.5, 0.6) is 0 Å². The number of urea groups is 1. The van der Waals surface area contributed by atoms with Crippen molar-refractivity contribution in [3.05, 3.63) is 28.0 Å². The molecule has 3 rings (SSSR count). The Morgan fingerprint density at radius 1 is 1.40 bits per heavy atom. The molecule has 0 spiro atoms. The number of carbonyl (C=O) groups is 3. The highest BCUT2D eigenvalue weighted by Gasteiger charge is 2.28. The van der Waals surface area contributed by atoms with E-state index in [0.29, 0.717) is 6.54 Å². The molecule has 132 valence electrons. The predicted octanol–water partition coefficient (Wildman–Crippen LogP) is 0.0264. The first-order chi connectivity index (χ1) is 11.9. The lowest BCUT2D eigenvalue weighted by Gasteiger charge is -2.12. The Hall–Kier alpha value is -3.17. The highest BCUT2D eigenvalue weighted by molar-refractivity contribution is 6.03. The molecule has 10 heteroatoms. The molecular weight excluding hydrogens is 332 g/mol. The number of fused-ring (bicyclic) bond motifs is 1. The number of aryl methyl sites for hydroxylation is 1. The largest absolute Gasteiger partial charge is 0.462 e. The van der Waals surface area contributed by atoms with E-state index < -0.39 is 23.5 Å². The van der Waals surface area contributed by atoms with Crippen molar-refractivity contribution in [2.75, 3.05) is 19.7 Å². The van der Waals surface area contributed by atoms with E-state index in [1.807, 2.05) is 0 Å². The second kappa shape index (κ2) is 6.38. The fourth-order valence-electron chi connectivity index (χ4n) is 2.64. The van der Waals surface area contributed by atoms with Gasteiger partial charge in [-0.05, 0) is 13.8 Å². The van der Waals surface area contributed by atoms with E-state index in [0.717, 1.165) is 15.8 Å². The number of nitrogens with zero attached hydrogens (tertiary/aromatic N) is 3. The molecule has 2 aromatic heterocycles. The van der Waals surface area contributed by atoms with Gasteiger partial charge in [-0.2, -0.15) is 0 Å². The standard InChI is InChI=1S/C15H16N4O6/c1-3-24-14(22)10-8(2)25-12-11(10)13(21)18(7-17-12)6-9(20)19-5-4-16-15(19)23/h7H,3-6H2,1-2H3,(H,16,23). The summed E-state index contributed by atoms with van der Waals surface area (Å²) in [6.07, 6.45) is 1.15. The van der Waals surface area contributed by atoms with Gasteiger partial charge in [0.1, 0.15) is 29.6 Å². The SMILES string of the molecule is CCOC(=O)c1c(C)oc2ncn(CC(=O)N3CCNC3=O)c(=O)c12. The molecule has 0 unspecified atom stereocenters. The molecule has 1 fully saturated rings. The zero-order chi connectivity index (χ0) is 18.1. The number of hydrogen-bond donors (Lipinski definition) is 1. The van der Waals surface area contributed by atoms with Crippen LogP contribution in [-0.2, 0) is 16.1 Å². The van der Waals surface area contributed by atoms with E-state index in [-0.39, 0.29) is 42.1 Å². The zero-order valence-corrected chi connectivity index (χ0v) is 13.7. The lowest BCUT2D eigenvalue weighted by molar-refractivity contribution is -0.128. The van der Waals surface area contributed by atoms with Gasteiger partial charge in [0.15, 0.2) is 0 Å². The topological polar surface area (TPSA) is 124 Å². The molecule has 2 aromatic rings. The van der Waals surface area contributed by atoms with Crippen LogP contribution in [0.3, 0.4) is 0 Å². The molecule has 25 heavy (non-hydrogen) atoms. The van der Waals surface area contributed by atoms with Crippen molar-refractivity contribution in [1.82, 2.24) is 19.8 Å². The van der Waals surface area contributed by atoms with Crippen molar-refractivity contribution in [3.8, 4) is 0 Å². The van der Waals surface area contributed by atoms with Crippen LogP contribution in [-0.4, -0.2) is 52.1 Å². The van der Waals surface area contributed by atoms with Crippen molar-refractivity contribution < 1.29 is 23.5 Å². The lowest BCUT2D eigenvalue weighted by atomic mass is 10.2. The van der Waals surface area contributed by atoms with Crippen molar-refractivity contribution in [2.45, 2.75) is 20.4 Å². The van der Waals surface area contributed by atoms with E-state index in [1.165, 1.54) is 6.92 Å². The van der Waals surface area contributed by atoms with E-state index in [1.54, 1.807) is 6.92 Å². The van der Waals surface area contributed by atoms with Crippen LogP contribution >= 0.6 is 0 Å². The van der Waals surface area contributed by atoms with Crippen molar-refractivity contribution in [3.63, 3.8) is 0 Å². The molecular formula is C15H16N4O6. The average molecular weight is 348 g/mol. The quantitative estimate of drug-likeness (QED) is 0.773. The Kier molecular flexibility index (Phi) is 4.26. The van der Waals surface area contributed by atoms with Crippen molar-refractivity contribution in [1.29, 1.82) is 0 Å². The molecule has 1 saturated heterocycles. The summed E-state index contributed by atoms with van der Waals surface area (Å²) in [6.45, 7) is 3.54. The van der Waals surface area contributed by atoms with Crippen LogP contribution in [0.1, 0.15) is 23.0 Å². The van der Waals surface area contributed by atoms with Gasteiger partial charge >= 0.3 is 12.0 Å². The minimum absolute atomic E-state index is 0.00457. The summed E-state index contributed by atoms with van der Waals surface area (Å²) in [5.74, 6) is -1.03. The molecule has 0 bridgehead atoms. The fraction of sp³-hybridized carbons (Fsp3) is 0.400. The molecule has 1 aliphatic rings. The maximum Gasteiger partial charge on any atom is 0.342 e. The van der Waals surface area contributed by atoms with Gasteiger partial charge in [0, 0.05) is 13.1 Å². The Morgan fingerprint density at radius 3 is 2.80 bits per heavy atom. The minimum Gasteiger partial charge on any atom is -0.462 e. The third-order valence-electron chi connectivity index (χ3n) is 3.80. The molecule has 3 amide bonds. The normalized spacial score (nSPS) is 14.0. The first-order valence-corrected chi connectivity index (χ1v) is 7.68. The monoisotopic (exact) mass is 348 g/mol. The number of esters is 1. The fourth-order valence-corrected chi connectivity index (χ4v) is 2.64. The van der Waals surface area contributed by atoms with Crippen LogP contribution in [0.4, 0.5) is 4.79 Å². The Bertz CT molecular complexity index is 928. The number of ether oxygens (including phenoxy) is 1. The summed E-state index contributed by atoms with van der Waals surface area (Å²) in [4.78, 5) is 53.5. The first kappa shape index (κ1) is 16.7. The zero-order valence-electron chi connectivity index (χ0n) is 13.7. The maximum absolute atomic E-state index is 12.7. The van der Waals surface area contributed by atoms with Crippen LogP contribution in [0.2, 0.25) is 0 Å². The molecule has 0 aromatic carbocycles. The first-order valence-electron chi connectivity index (χ1n) is 7.68. The predicted molar refractivity (Wildman–Crippen MR) is 84.1 cm³/mol. The van der Waals surface area contributed by atoms with Crippen molar-refractivity contribution >= 4 is 29.0 Å². The van der Waals surface area contributed by atoms with Crippen molar-refractivity contribution in [2.24, 2.45) is 0 Å². The van der Waals surface area contributed by atoms with Crippen LogP contribution in [0, 0.1) is 6.92 Å². The maximum atomic E-state index is 12.7. The summed E-state index contributed by atoms with van der Waals surface area (Å²) in [7, 11) is 0. The molecule has 1 N–H and O–H groups in total. The number of carbonyl (C=O) groups excluding carboxylic acids is 3. The van der Waals surface area contributed by atoms with Gasteiger partial charge in [0.2, 0.25) is 5.71 Å². The van der Waals surface area contributed by atoms with Crippen LogP contribution in [0.25, 0.3) is 11.1 Å². The summed E-state index contributed by atoms with van der Waals surface area (Å²) < 4.78 is 11.3. The number of hydrogen-bond acceptors (Lipinski definition) is 7. The van der Waals surface area contributed by atoms with E-state index in [9.17, 15) is 19.2 Å². The second-order valence-corrected chi connectivity index (χ2v) is 5.39. The van der Waals surface area contributed by atoms with Crippen LogP contribution < -0.4 is 10.9 Å². The molecule has 10 nitrogen and oxygen atoms in total. The number of amides is 3. The van der Waals surface area contributed by atoms with E-state index >= 15 is 0 Å². The van der Waals surface area contributed by atoms with Gasteiger partial charge in [-0.15, -0.1) is 0 Å². The van der Waals surface area contributed by atoms with Gasteiger partial charge in [-0.1, -0.05) is 0 Å². The summed E-state index contributed by atoms with van der Waals surface area (Å²) >= 11 is 0. The highest BCUT2D eigenvalue weighted by Crippen LogP contribution is 2.21. The average Bonchev–Trinajstić information content (AvgIpc) is 3.13. The molecule has 0 atom stereocenters. The van der Waals surface area contributed by atoms with Gasteiger partial charge in [0.25, 0.3) is 11.5 Å². The van der Waals surface area contributed by atoms with E-state index in [2.05, 4.69) is 10.3 Å². The molecule has 0 radical (unpaired) electrons. The summed E-state index contributed by atoms with van der Waals surface area (Å²) in [6, 6.07) is -0.501. The third kappa shape index (κ3) is 2.86. The van der Waals surface area contributed by atoms with Crippen LogP contribution in [0.15, 0.2) is 15.5 Å².